The first-order valence-corrected chi connectivity index (χ1v) is 12.1. The van der Waals surface area contributed by atoms with Crippen LogP contribution in [0.3, 0.4) is 0 Å². The van der Waals surface area contributed by atoms with Crippen LogP contribution in [-0.4, -0.2) is 0 Å². The van der Waals surface area contributed by atoms with Crippen molar-refractivity contribution in [2.75, 3.05) is 5.73 Å². The molecule has 31 heavy (non-hydrogen) atoms. The lowest BCUT2D eigenvalue weighted by Crippen LogP contribution is -1.92. The lowest BCUT2D eigenvalue weighted by molar-refractivity contribution is 0.575. The molecule has 0 spiro atoms. The summed E-state index contributed by atoms with van der Waals surface area (Å²) in [7, 11) is 0. The van der Waals surface area contributed by atoms with Crippen LogP contribution in [0, 0.1) is 0 Å². The molecule has 0 heterocycles. The normalized spacial score (nSPS) is 12.0. The summed E-state index contributed by atoms with van der Waals surface area (Å²) in [4.78, 5) is 0. The molecule has 1 heteroatoms. The summed E-state index contributed by atoms with van der Waals surface area (Å²) in [6.07, 6.45) is 12.1. The van der Waals surface area contributed by atoms with E-state index in [4.69, 9.17) is 5.73 Å². The first-order valence-electron chi connectivity index (χ1n) is 12.1. The Morgan fingerprint density at radius 3 is 1.84 bits per heavy atom. The van der Waals surface area contributed by atoms with E-state index >= 15 is 0 Å². The maximum atomic E-state index is 6.26. The summed E-state index contributed by atoms with van der Waals surface area (Å²) >= 11 is 0. The second-order valence-corrected chi connectivity index (χ2v) is 9.24. The van der Waals surface area contributed by atoms with Crippen molar-refractivity contribution in [3.05, 3.63) is 66.2 Å². The second kappa shape index (κ2) is 8.75. The van der Waals surface area contributed by atoms with Crippen LogP contribution >= 0.6 is 0 Å². The monoisotopic (exact) mass is 407 g/mol. The summed E-state index contributed by atoms with van der Waals surface area (Å²) in [5.74, 6) is 0. The van der Waals surface area contributed by atoms with E-state index in [1.54, 1.807) is 0 Å². The Balaban J connectivity index is 1.49. The smallest absolute Gasteiger partial charge is 0.0326 e. The molecule has 0 aliphatic carbocycles. The third-order valence-electron chi connectivity index (χ3n) is 6.94. The lowest BCUT2D eigenvalue weighted by Gasteiger charge is -2.16. The molecule has 5 aromatic rings. The highest BCUT2D eigenvalue weighted by molar-refractivity contribution is 6.33. The van der Waals surface area contributed by atoms with E-state index in [9.17, 15) is 0 Å². The Morgan fingerprint density at radius 1 is 0.581 bits per heavy atom. The molecule has 0 fully saturated rings. The van der Waals surface area contributed by atoms with Gasteiger partial charge in [-0.2, -0.15) is 0 Å². The predicted molar refractivity (Wildman–Crippen MR) is 138 cm³/mol. The Labute approximate surface area is 185 Å². The number of fused-ring (bicyclic) bond motifs is 2. The minimum atomic E-state index is 0.839. The molecule has 0 amide bonds. The van der Waals surface area contributed by atoms with Crippen LogP contribution in [0.1, 0.15) is 63.9 Å². The van der Waals surface area contributed by atoms with Gasteiger partial charge in [0.25, 0.3) is 0 Å². The molecule has 0 radical (unpaired) electrons. The van der Waals surface area contributed by atoms with Crippen molar-refractivity contribution in [1.29, 1.82) is 0 Å². The van der Waals surface area contributed by atoms with Crippen LogP contribution < -0.4 is 5.73 Å². The van der Waals surface area contributed by atoms with Crippen molar-refractivity contribution in [1.82, 2.24) is 0 Å². The van der Waals surface area contributed by atoms with Gasteiger partial charge in [0.05, 0.1) is 0 Å². The molecule has 0 bridgehead atoms. The number of benzene rings is 5. The van der Waals surface area contributed by atoms with Crippen LogP contribution in [-0.2, 0) is 6.42 Å². The predicted octanol–water partition coefficient (Wildman–Crippen LogP) is 9.00. The molecule has 158 valence electrons. The van der Waals surface area contributed by atoms with E-state index in [2.05, 4.69) is 67.6 Å². The summed E-state index contributed by atoms with van der Waals surface area (Å²) in [6, 6.07) is 22.5. The van der Waals surface area contributed by atoms with Gasteiger partial charge in [0.1, 0.15) is 0 Å². The van der Waals surface area contributed by atoms with E-state index in [1.807, 2.05) is 0 Å². The van der Waals surface area contributed by atoms with Gasteiger partial charge in [-0.15, -0.1) is 0 Å². The molecule has 1 nitrogen and oxygen atoms in total. The molecule has 0 saturated carbocycles. The van der Waals surface area contributed by atoms with Crippen molar-refractivity contribution < 1.29 is 0 Å². The highest BCUT2D eigenvalue weighted by atomic mass is 14.5. The average Bonchev–Trinajstić information content (AvgIpc) is 2.78. The number of unbranched alkanes of at least 4 members (excludes halogenated alkanes) is 7. The first-order chi connectivity index (χ1) is 15.3. The quantitative estimate of drug-likeness (QED) is 0.112. The zero-order valence-electron chi connectivity index (χ0n) is 18.7. The van der Waals surface area contributed by atoms with Gasteiger partial charge in [0.15, 0.2) is 0 Å². The second-order valence-electron chi connectivity index (χ2n) is 9.24. The molecular formula is C30H33N. The number of rotatable bonds is 9. The zero-order valence-corrected chi connectivity index (χ0v) is 18.7. The zero-order chi connectivity index (χ0) is 21.2. The number of hydrogen-bond acceptors (Lipinski definition) is 1. The molecule has 5 rings (SSSR count). The van der Waals surface area contributed by atoms with Crippen molar-refractivity contribution in [2.45, 2.75) is 64.7 Å². The van der Waals surface area contributed by atoms with Gasteiger partial charge >= 0.3 is 0 Å². The molecule has 2 N–H and O–H groups in total. The number of hydrogen-bond donors (Lipinski definition) is 1. The van der Waals surface area contributed by atoms with Crippen molar-refractivity contribution in [3.8, 4) is 0 Å². The minimum Gasteiger partial charge on any atom is -0.399 e. The molecule has 0 unspecified atom stereocenters. The highest BCUT2D eigenvalue weighted by Crippen LogP contribution is 2.41. The van der Waals surface area contributed by atoms with Crippen LogP contribution in [0.2, 0.25) is 0 Å². The van der Waals surface area contributed by atoms with Gasteiger partial charge in [0.2, 0.25) is 0 Å². The third-order valence-corrected chi connectivity index (χ3v) is 6.94. The molecule has 0 atom stereocenters. The topological polar surface area (TPSA) is 26.0 Å². The van der Waals surface area contributed by atoms with Crippen LogP contribution in [0.5, 0.6) is 0 Å². The summed E-state index contributed by atoms with van der Waals surface area (Å²) in [5.41, 5.74) is 8.57. The summed E-state index contributed by atoms with van der Waals surface area (Å²) in [5, 5.41) is 10.7. The first kappa shape index (κ1) is 20.1. The summed E-state index contributed by atoms with van der Waals surface area (Å²) in [6.45, 7) is 2.29. The standard InChI is InChI=1S/C30H33N/c1-2-3-4-5-6-7-8-9-12-21-17-22-13-10-16-26-28-20-24(31)19-23-14-11-15-25(30(23)28)27(18-21)29(22)26/h10-11,13-20H,2-9,12,31H2,1H3. The van der Waals surface area contributed by atoms with Crippen molar-refractivity contribution in [2.24, 2.45) is 0 Å². The Kier molecular flexibility index (Phi) is 5.68. The van der Waals surface area contributed by atoms with E-state index < -0.39 is 0 Å². The molecule has 0 aliphatic rings. The van der Waals surface area contributed by atoms with Crippen molar-refractivity contribution in [3.63, 3.8) is 0 Å². The van der Waals surface area contributed by atoms with E-state index in [1.165, 1.54) is 106 Å². The molecule has 0 aromatic heterocycles. The number of nitrogens with two attached hydrogens (primary N) is 1. The van der Waals surface area contributed by atoms with Gasteiger partial charge in [0, 0.05) is 5.69 Å². The van der Waals surface area contributed by atoms with Gasteiger partial charge < -0.3 is 5.73 Å². The van der Waals surface area contributed by atoms with Crippen LogP contribution in [0.4, 0.5) is 5.69 Å². The number of aryl methyl sites for hydroxylation is 1. The fourth-order valence-corrected chi connectivity index (χ4v) is 5.42. The molecule has 0 aliphatic heterocycles. The fourth-order valence-electron chi connectivity index (χ4n) is 5.42. The summed E-state index contributed by atoms with van der Waals surface area (Å²) < 4.78 is 0. The maximum absolute atomic E-state index is 6.26. The van der Waals surface area contributed by atoms with Crippen molar-refractivity contribution >= 4 is 48.8 Å². The van der Waals surface area contributed by atoms with E-state index in [0.29, 0.717) is 0 Å². The SMILES string of the molecule is CCCCCCCCCCc1cc2cccc3c4cc(N)cc5cccc(c(c1)c23)c54. The largest absolute Gasteiger partial charge is 0.399 e. The van der Waals surface area contributed by atoms with Crippen LogP contribution in [0.15, 0.2) is 60.7 Å². The van der Waals surface area contributed by atoms with Gasteiger partial charge in [-0.1, -0.05) is 100 Å². The Hall–Kier alpha value is -2.80. The molecule has 5 aromatic carbocycles. The Bertz CT molecular complexity index is 1330. The molecule has 0 saturated heterocycles. The minimum absolute atomic E-state index is 0.839. The van der Waals surface area contributed by atoms with Gasteiger partial charge in [-0.05, 0) is 73.6 Å². The van der Waals surface area contributed by atoms with Gasteiger partial charge in [-0.25, -0.2) is 0 Å². The number of anilines is 1. The van der Waals surface area contributed by atoms with E-state index in [0.717, 1.165) is 5.69 Å². The van der Waals surface area contributed by atoms with Gasteiger partial charge in [-0.3, -0.25) is 0 Å². The van der Waals surface area contributed by atoms with E-state index in [-0.39, 0.29) is 0 Å². The Morgan fingerprint density at radius 2 is 1.16 bits per heavy atom. The highest BCUT2D eigenvalue weighted by Gasteiger charge is 2.14. The third kappa shape index (κ3) is 3.83. The maximum Gasteiger partial charge on any atom is 0.0326 e. The molecular weight excluding hydrogens is 374 g/mol. The lowest BCUT2D eigenvalue weighted by atomic mass is 9.88. The average molecular weight is 408 g/mol. The van der Waals surface area contributed by atoms with Crippen LogP contribution in [0.25, 0.3) is 43.1 Å². The number of nitrogen functional groups attached to an aromatic ring is 1. The fraction of sp³-hybridized carbons (Fsp3) is 0.333.